The molecule has 0 amide bonds. The molecule has 0 bridgehead atoms. The van der Waals surface area contributed by atoms with Crippen LogP contribution >= 0.6 is 0 Å². The lowest BCUT2D eigenvalue weighted by Gasteiger charge is -2.18. The molecule has 0 spiro atoms. The van der Waals surface area contributed by atoms with Crippen molar-refractivity contribution in [3.8, 4) is 67.8 Å². The molecule has 6 aromatic carbocycles. The van der Waals surface area contributed by atoms with Gasteiger partial charge in [-0.3, -0.25) is 0 Å². The maximum absolute atomic E-state index is 10.3. The summed E-state index contributed by atoms with van der Waals surface area (Å²) in [5.74, 6) is 7.00. The molecule has 0 fully saturated rings. The largest absolute Gasteiger partial charge is 0.506 e. The van der Waals surface area contributed by atoms with Gasteiger partial charge >= 0.3 is 0 Å². The number of nitrogen functional groups attached to an aromatic ring is 2. The zero-order chi connectivity index (χ0) is 29.5. The van der Waals surface area contributed by atoms with Gasteiger partial charge in [0.1, 0.15) is 11.5 Å². The zero-order valence-electron chi connectivity index (χ0n) is 23.3. The Morgan fingerprint density at radius 1 is 0.512 bits per heavy atom. The van der Waals surface area contributed by atoms with Gasteiger partial charge in [-0.15, -0.1) is 0 Å². The smallest absolute Gasteiger partial charge is 0.138 e. The molecule has 7 rings (SSSR count). The number of aromatic hydroxyl groups is 2. The summed E-state index contributed by atoms with van der Waals surface area (Å²) in [5.41, 5.74) is 25.3. The van der Waals surface area contributed by atoms with Crippen LogP contribution in [0.5, 0.6) is 11.5 Å². The van der Waals surface area contributed by atoms with E-state index in [0.29, 0.717) is 5.69 Å². The lowest BCUT2D eigenvalue weighted by molar-refractivity contribution is 0.477. The van der Waals surface area contributed by atoms with E-state index < -0.39 is 0 Å². The molecule has 0 heterocycles. The molecule has 6 aromatic rings. The van der Waals surface area contributed by atoms with Crippen LogP contribution in [0.4, 0.5) is 11.4 Å². The fourth-order valence-corrected chi connectivity index (χ4v) is 5.90. The number of nitrogens with two attached hydrogens (primary N) is 2. The van der Waals surface area contributed by atoms with Crippen LogP contribution in [0.1, 0.15) is 22.3 Å². The van der Waals surface area contributed by atoms with Gasteiger partial charge in [0.05, 0.1) is 11.4 Å². The molecule has 0 unspecified atom stereocenters. The van der Waals surface area contributed by atoms with Crippen molar-refractivity contribution in [3.05, 3.63) is 144 Å². The average molecular weight is 557 g/mol. The summed E-state index contributed by atoms with van der Waals surface area (Å²) in [6, 6.07) is 39.7. The summed E-state index contributed by atoms with van der Waals surface area (Å²) < 4.78 is 0. The van der Waals surface area contributed by atoms with Crippen LogP contribution in [0.2, 0.25) is 0 Å². The minimum absolute atomic E-state index is 0.0260. The van der Waals surface area contributed by atoms with Gasteiger partial charge in [-0.1, -0.05) is 90.7 Å². The molecular weight excluding hydrogens is 528 g/mol. The Bertz CT molecular complexity index is 2090. The van der Waals surface area contributed by atoms with Crippen LogP contribution in [0, 0.1) is 11.8 Å². The Hall–Kier alpha value is -5.92. The summed E-state index contributed by atoms with van der Waals surface area (Å²) in [6.45, 7) is 0. The highest BCUT2D eigenvalue weighted by Crippen LogP contribution is 2.48. The van der Waals surface area contributed by atoms with Crippen LogP contribution < -0.4 is 11.5 Å². The number of hydrogen-bond acceptors (Lipinski definition) is 4. The molecule has 0 saturated heterocycles. The summed E-state index contributed by atoms with van der Waals surface area (Å²) in [6.07, 6.45) is 0.725. The quantitative estimate of drug-likeness (QED) is 0.100. The first-order valence-electron chi connectivity index (χ1n) is 14.1. The topological polar surface area (TPSA) is 92.5 Å². The predicted octanol–water partition coefficient (Wildman–Crippen LogP) is 8.23. The maximum Gasteiger partial charge on any atom is 0.138 e. The van der Waals surface area contributed by atoms with Crippen molar-refractivity contribution >= 4 is 11.4 Å². The maximum atomic E-state index is 10.3. The van der Waals surface area contributed by atoms with Gasteiger partial charge in [0.15, 0.2) is 0 Å². The fraction of sp³-hybridized carbons (Fsp3) is 0.0256. The predicted molar refractivity (Wildman–Crippen MR) is 176 cm³/mol. The molecular formula is C39H28N2O2. The number of fused-ring (bicyclic) bond motifs is 3. The van der Waals surface area contributed by atoms with Crippen molar-refractivity contribution in [1.29, 1.82) is 0 Å². The lowest BCUT2D eigenvalue weighted by Crippen LogP contribution is -1.98. The third-order valence-corrected chi connectivity index (χ3v) is 8.07. The van der Waals surface area contributed by atoms with E-state index in [0.717, 1.165) is 50.9 Å². The highest BCUT2D eigenvalue weighted by Gasteiger charge is 2.27. The van der Waals surface area contributed by atoms with E-state index in [-0.39, 0.29) is 17.2 Å². The molecule has 4 nitrogen and oxygen atoms in total. The van der Waals surface area contributed by atoms with Crippen molar-refractivity contribution in [2.45, 2.75) is 6.42 Å². The van der Waals surface area contributed by atoms with Gasteiger partial charge in [0.2, 0.25) is 0 Å². The number of hydrogen-bond donors (Lipinski definition) is 4. The van der Waals surface area contributed by atoms with E-state index in [1.54, 1.807) is 24.3 Å². The molecule has 0 saturated carbocycles. The van der Waals surface area contributed by atoms with Gasteiger partial charge in [-0.25, -0.2) is 0 Å². The first-order chi connectivity index (χ1) is 21.0. The molecule has 206 valence electrons. The third kappa shape index (κ3) is 4.73. The number of phenolic OH excluding ortho intramolecular Hbond substituents is 2. The number of benzene rings is 6. The summed E-state index contributed by atoms with van der Waals surface area (Å²) in [7, 11) is 0. The van der Waals surface area contributed by atoms with Gasteiger partial charge in [0.25, 0.3) is 0 Å². The van der Waals surface area contributed by atoms with Crippen LogP contribution in [0.3, 0.4) is 0 Å². The van der Waals surface area contributed by atoms with Crippen LogP contribution in [0.15, 0.2) is 121 Å². The van der Waals surface area contributed by atoms with Crippen molar-refractivity contribution < 1.29 is 10.2 Å². The Kier molecular flexibility index (Phi) is 6.34. The first-order valence-corrected chi connectivity index (χ1v) is 14.1. The second kappa shape index (κ2) is 10.5. The van der Waals surface area contributed by atoms with Crippen LogP contribution in [-0.4, -0.2) is 10.2 Å². The molecule has 43 heavy (non-hydrogen) atoms. The van der Waals surface area contributed by atoms with Gasteiger partial charge in [-0.2, -0.15) is 0 Å². The molecule has 1 aliphatic carbocycles. The summed E-state index contributed by atoms with van der Waals surface area (Å²) >= 11 is 0. The minimum Gasteiger partial charge on any atom is -0.506 e. The Morgan fingerprint density at radius 3 is 1.84 bits per heavy atom. The van der Waals surface area contributed by atoms with Crippen molar-refractivity contribution in [2.24, 2.45) is 0 Å². The normalized spacial score (nSPS) is 11.3. The molecule has 4 heteroatoms. The summed E-state index contributed by atoms with van der Waals surface area (Å²) in [4.78, 5) is 0. The average Bonchev–Trinajstić information content (AvgIpc) is 3.41. The minimum atomic E-state index is 0.0260. The Labute approximate surface area is 250 Å². The number of phenols is 2. The van der Waals surface area contributed by atoms with E-state index in [2.05, 4.69) is 60.4 Å². The van der Waals surface area contributed by atoms with E-state index in [4.69, 9.17) is 11.5 Å². The zero-order valence-corrected chi connectivity index (χ0v) is 23.3. The monoisotopic (exact) mass is 556 g/mol. The van der Waals surface area contributed by atoms with E-state index in [1.807, 2.05) is 48.5 Å². The van der Waals surface area contributed by atoms with Crippen LogP contribution in [-0.2, 0) is 6.42 Å². The van der Waals surface area contributed by atoms with Crippen molar-refractivity contribution in [1.82, 2.24) is 0 Å². The highest BCUT2D eigenvalue weighted by molar-refractivity contribution is 5.97. The van der Waals surface area contributed by atoms with Crippen molar-refractivity contribution in [3.63, 3.8) is 0 Å². The fourth-order valence-electron chi connectivity index (χ4n) is 5.90. The highest BCUT2D eigenvalue weighted by atomic mass is 16.3. The molecule has 1 aliphatic rings. The molecule has 0 radical (unpaired) electrons. The van der Waals surface area contributed by atoms with E-state index >= 15 is 0 Å². The Morgan fingerprint density at radius 2 is 1.14 bits per heavy atom. The van der Waals surface area contributed by atoms with Gasteiger partial charge in [-0.05, 0) is 99.0 Å². The van der Waals surface area contributed by atoms with Crippen LogP contribution in [0.25, 0.3) is 44.5 Å². The third-order valence-electron chi connectivity index (χ3n) is 8.07. The second-order valence-electron chi connectivity index (χ2n) is 10.8. The SMILES string of the molecule is Nc1cc(-c2cc3c(c(C#Cc4ccccc4)c2-c2ccc(O)c(N)c2)Cc2cc(-c4ccccc4)ccc2-3)ccc1O. The van der Waals surface area contributed by atoms with Gasteiger partial charge < -0.3 is 21.7 Å². The molecule has 0 aromatic heterocycles. The first kappa shape index (κ1) is 26.0. The van der Waals surface area contributed by atoms with Gasteiger partial charge in [0, 0.05) is 16.7 Å². The molecule has 0 atom stereocenters. The molecule has 0 aliphatic heterocycles. The Balaban J connectivity index is 1.53. The van der Waals surface area contributed by atoms with E-state index in [9.17, 15) is 10.2 Å². The number of anilines is 2. The summed E-state index contributed by atoms with van der Waals surface area (Å²) in [5, 5.41) is 20.5. The molecule has 6 N–H and O–H groups in total. The standard InChI is InChI=1S/C39H28N2O2/c40-35-21-27(13-17-37(35)42)32-23-34-30-16-12-26(25-9-5-2-6-10-25)19-29(30)20-33(34)31(15-11-24-7-3-1-4-8-24)39(32)28-14-18-38(43)36(41)22-28/h1-10,12-14,16-19,21-23,42-43H,20,40-41H2. The lowest BCUT2D eigenvalue weighted by atomic mass is 9.85. The van der Waals surface area contributed by atoms with Crippen molar-refractivity contribution in [2.75, 3.05) is 11.5 Å². The number of rotatable bonds is 3. The second-order valence-corrected chi connectivity index (χ2v) is 10.8. The van der Waals surface area contributed by atoms with E-state index in [1.165, 1.54) is 22.3 Å².